The number of amides is 1. The Labute approximate surface area is 143 Å². The second kappa shape index (κ2) is 8.24. The van der Waals surface area contributed by atoms with Gasteiger partial charge in [0.2, 0.25) is 5.91 Å². The second-order valence-corrected chi connectivity index (χ2v) is 6.68. The minimum atomic E-state index is -4.38. The molecule has 0 spiro atoms. The summed E-state index contributed by atoms with van der Waals surface area (Å²) < 4.78 is 38.0. The molecule has 2 aromatic rings. The summed E-state index contributed by atoms with van der Waals surface area (Å²) in [5, 5.41) is 2.41. The van der Waals surface area contributed by atoms with Crippen LogP contribution in [0.3, 0.4) is 0 Å². The lowest BCUT2D eigenvalue weighted by Crippen LogP contribution is -2.30. The van der Waals surface area contributed by atoms with Crippen molar-refractivity contribution in [3.8, 4) is 0 Å². The Morgan fingerprint density at radius 3 is 2.42 bits per heavy atom. The molecule has 2 rings (SSSR count). The minimum Gasteiger partial charge on any atom is -0.351 e. The Morgan fingerprint density at radius 2 is 1.75 bits per heavy atom. The van der Waals surface area contributed by atoms with E-state index < -0.39 is 11.7 Å². The third-order valence-corrected chi connectivity index (χ3v) is 4.65. The smallest absolute Gasteiger partial charge is 0.351 e. The zero-order valence-corrected chi connectivity index (χ0v) is 14.0. The van der Waals surface area contributed by atoms with E-state index in [1.165, 1.54) is 17.8 Å². The number of alkyl halides is 3. The van der Waals surface area contributed by atoms with Crippen LogP contribution in [-0.4, -0.2) is 11.2 Å². The van der Waals surface area contributed by atoms with Gasteiger partial charge in [-0.2, -0.15) is 13.2 Å². The van der Waals surface area contributed by atoms with Crippen LogP contribution < -0.4 is 5.32 Å². The molecule has 1 amide bonds. The van der Waals surface area contributed by atoms with Gasteiger partial charge < -0.3 is 5.32 Å². The standard InChI is InChI=1S/C18H18F3NOS/c1-13(24-12-14-6-3-2-4-7-14)17(23)22-11-15-8-5-9-16(10-15)18(19,20)21/h2-10,13H,11-12H2,1H3,(H,22,23)/t13-/m0/s1. The van der Waals surface area contributed by atoms with Gasteiger partial charge in [-0.1, -0.05) is 42.5 Å². The van der Waals surface area contributed by atoms with Gasteiger partial charge in [-0.05, 0) is 30.2 Å². The van der Waals surface area contributed by atoms with E-state index in [0.29, 0.717) is 11.3 Å². The predicted octanol–water partition coefficient (Wildman–Crippen LogP) is 4.64. The molecule has 0 aliphatic heterocycles. The summed E-state index contributed by atoms with van der Waals surface area (Å²) in [6.07, 6.45) is -4.38. The van der Waals surface area contributed by atoms with Crippen LogP contribution in [0.25, 0.3) is 0 Å². The molecule has 6 heteroatoms. The van der Waals surface area contributed by atoms with Gasteiger partial charge in [0.1, 0.15) is 0 Å². The molecule has 0 bridgehead atoms. The average molecular weight is 353 g/mol. The van der Waals surface area contributed by atoms with Crippen molar-refractivity contribution in [2.75, 3.05) is 0 Å². The number of hydrogen-bond acceptors (Lipinski definition) is 2. The summed E-state index contributed by atoms with van der Waals surface area (Å²) in [5.74, 6) is 0.521. The number of carbonyl (C=O) groups is 1. The number of thioether (sulfide) groups is 1. The van der Waals surface area contributed by atoms with Crippen LogP contribution in [0.2, 0.25) is 0 Å². The Bertz CT molecular complexity index is 673. The van der Waals surface area contributed by atoms with E-state index in [1.807, 2.05) is 30.3 Å². The Hall–Kier alpha value is -1.95. The number of nitrogens with one attached hydrogen (secondary N) is 1. The molecule has 2 nitrogen and oxygen atoms in total. The highest BCUT2D eigenvalue weighted by atomic mass is 32.2. The van der Waals surface area contributed by atoms with Crippen molar-refractivity contribution in [3.05, 3.63) is 71.3 Å². The maximum atomic E-state index is 12.7. The number of benzene rings is 2. The fourth-order valence-corrected chi connectivity index (χ4v) is 2.93. The molecule has 1 atom stereocenters. The number of halogens is 3. The third kappa shape index (κ3) is 5.60. The van der Waals surface area contributed by atoms with Crippen molar-refractivity contribution in [2.24, 2.45) is 0 Å². The van der Waals surface area contributed by atoms with Crippen molar-refractivity contribution >= 4 is 17.7 Å². The lowest BCUT2D eigenvalue weighted by Gasteiger charge is -2.13. The number of hydrogen-bond donors (Lipinski definition) is 1. The van der Waals surface area contributed by atoms with Gasteiger partial charge in [-0.25, -0.2) is 0 Å². The first kappa shape index (κ1) is 18.4. The summed E-state index contributed by atoms with van der Waals surface area (Å²) in [7, 11) is 0. The van der Waals surface area contributed by atoms with Crippen molar-refractivity contribution in [3.63, 3.8) is 0 Å². The molecule has 0 aromatic heterocycles. The third-order valence-electron chi connectivity index (χ3n) is 3.43. The number of carbonyl (C=O) groups excluding carboxylic acids is 1. The van der Waals surface area contributed by atoms with Gasteiger partial charge in [0.15, 0.2) is 0 Å². The first-order valence-electron chi connectivity index (χ1n) is 7.45. The molecule has 1 N–H and O–H groups in total. The fourth-order valence-electron chi connectivity index (χ4n) is 2.06. The molecular formula is C18H18F3NOS. The topological polar surface area (TPSA) is 29.1 Å². The normalized spacial score (nSPS) is 12.7. The van der Waals surface area contributed by atoms with Gasteiger partial charge in [0.05, 0.1) is 10.8 Å². The largest absolute Gasteiger partial charge is 0.416 e. The van der Waals surface area contributed by atoms with Gasteiger partial charge in [0, 0.05) is 12.3 Å². The van der Waals surface area contributed by atoms with Crippen LogP contribution in [0, 0.1) is 0 Å². The van der Waals surface area contributed by atoms with Gasteiger partial charge in [-0.15, -0.1) is 11.8 Å². The van der Waals surface area contributed by atoms with Crippen LogP contribution in [-0.2, 0) is 23.3 Å². The zero-order chi connectivity index (χ0) is 17.6. The lowest BCUT2D eigenvalue weighted by atomic mass is 10.1. The molecule has 0 aliphatic rings. The molecular weight excluding hydrogens is 335 g/mol. The molecule has 0 radical (unpaired) electrons. The maximum absolute atomic E-state index is 12.7. The van der Waals surface area contributed by atoms with Crippen molar-refractivity contribution in [2.45, 2.75) is 30.6 Å². The second-order valence-electron chi connectivity index (χ2n) is 5.35. The van der Waals surface area contributed by atoms with E-state index in [1.54, 1.807) is 13.0 Å². The minimum absolute atomic E-state index is 0.0823. The number of rotatable bonds is 6. The highest BCUT2D eigenvalue weighted by molar-refractivity contribution is 7.99. The highest BCUT2D eigenvalue weighted by Crippen LogP contribution is 2.29. The SMILES string of the molecule is C[C@H](SCc1ccccc1)C(=O)NCc1cccc(C(F)(F)F)c1. The summed E-state index contributed by atoms with van der Waals surface area (Å²) in [5.41, 5.74) is 0.846. The first-order chi connectivity index (χ1) is 11.4. The van der Waals surface area contributed by atoms with Crippen LogP contribution in [0.5, 0.6) is 0 Å². The molecule has 0 heterocycles. The summed E-state index contributed by atoms with van der Waals surface area (Å²) in [6.45, 7) is 1.87. The fraction of sp³-hybridized carbons (Fsp3) is 0.278. The predicted molar refractivity (Wildman–Crippen MR) is 90.5 cm³/mol. The van der Waals surface area contributed by atoms with Crippen LogP contribution >= 0.6 is 11.8 Å². The van der Waals surface area contributed by atoms with E-state index in [-0.39, 0.29) is 17.7 Å². The van der Waals surface area contributed by atoms with Gasteiger partial charge in [0.25, 0.3) is 0 Å². The molecule has 0 aliphatic carbocycles. The summed E-state index contributed by atoms with van der Waals surface area (Å²) in [6, 6.07) is 14.8. The van der Waals surface area contributed by atoms with Gasteiger partial charge in [-0.3, -0.25) is 4.79 Å². The molecule has 0 saturated heterocycles. The first-order valence-corrected chi connectivity index (χ1v) is 8.50. The Morgan fingerprint density at radius 1 is 1.08 bits per heavy atom. The van der Waals surface area contributed by atoms with E-state index >= 15 is 0 Å². The molecule has 128 valence electrons. The van der Waals surface area contributed by atoms with Gasteiger partial charge >= 0.3 is 6.18 Å². The zero-order valence-electron chi connectivity index (χ0n) is 13.1. The Balaban J connectivity index is 1.84. The average Bonchev–Trinajstić information content (AvgIpc) is 2.58. The summed E-state index contributed by atoms with van der Waals surface area (Å²) >= 11 is 1.49. The summed E-state index contributed by atoms with van der Waals surface area (Å²) in [4.78, 5) is 12.1. The highest BCUT2D eigenvalue weighted by Gasteiger charge is 2.30. The van der Waals surface area contributed by atoms with Crippen molar-refractivity contribution < 1.29 is 18.0 Å². The molecule has 0 saturated carbocycles. The van der Waals surface area contributed by atoms with E-state index in [2.05, 4.69) is 5.32 Å². The van der Waals surface area contributed by atoms with E-state index in [4.69, 9.17) is 0 Å². The Kier molecular flexibility index (Phi) is 6.31. The van der Waals surface area contributed by atoms with Crippen molar-refractivity contribution in [1.29, 1.82) is 0 Å². The lowest BCUT2D eigenvalue weighted by molar-refractivity contribution is -0.137. The molecule has 0 unspecified atom stereocenters. The maximum Gasteiger partial charge on any atom is 0.416 e. The molecule has 24 heavy (non-hydrogen) atoms. The van der Waals surface area contributed by atoms with E-state index in [9.17, 15) is 18.0 Å². The van der Waals surface area contributed by atoms with Crippen LogP contribution in [0.4, 0.5) is 13.2 Å². The van der Waals surface area contributed by atoms with Crippen molar-refractivity contribution in [1.82, 2.24) is 5.32 Å². The van der Waals surface area contributed by atoms with Crippen LogP contribution in [0.15, 0.2) is 54.6 Å². The molecule has 2 aromatic carbocycles. The van der Waals surface area contributed by atoms with E-state index in [0.717, 1.165) is 17.7 Å². The molecule has 0 fully saturated rings. The van der Waals surface area contributed by atoms with Crippen LogP contribution in [0.1, 0.15) is 23.6 Å². The quantitative estimate of drug-likeness (QED) is 0.819. The monoisotopic (exact) mass is 353 g/mol.